The van der Waals surface area contributed by atoms with Gasteiger partial charge in [0, 0.05) is 12.7 Å². The van der Waals surface area contributed by atoms with Gasteiger partial charge < -0.3 is 4.90 Å². The summed E-state index contributed by atoms with van der Waals surface area (Å²) in [7, 11) is 1.78. The third-order valence-corrected chi connectivity index (χ3v) is 2.91. The second-order valence-corrected chi connectivity index (χ2v) is 4.78. The maximum absolute atomic E-state index is 10.8. The predicted octanol–water partition coefficient (Wildman–Crippen LogP) is 2.98. The highest BCUT2D eigenvalue weighted by molar-refractivity contribution is 6.29. The minimum atomic E-state index is -0.490. The first-order chi connectivity index (χ1) is 9.45. The summed E-state index contributed by atoms with van der Waals surface area (Å²) in [6.45, 7) is 2.40. The fraction of sp³-hybridized carbons (Fsp3) is 0.231. The monoisotopic (exact) mass is 292 g/mol. The lowest BCUT2D eigenvalue weighted by Gasteiger charge is -2.17. The van der Waals surface area contributed by atoms with Crippen LogP contribution < -0.4 is 4.90 Å². The molecule has 20 heavy (non-hydrogen) atoms. The molecule has 0 fully saturated rings. The zero-order chi connectivity index (χ0) is 14.7. The molecular formula is C13H13ClN4O2. The molecule has 2 rings (SSSR count). The molecule has 2 heterocycles. The number of hydrogen-bond acceptors (Lipinski definition) is 5. The molecule has 0 aliphatic heterocycles. The quantitative estimate of drug-likeness (QED) is 0.492. The molecule has 0 saturated heterocycles. The Labute approximate surface area is 121 Å². The van der Waals surface area contributed by atoms with Gasteiger partial charge in [0.15, 0.2) is 0 Å². The Bertz CT molecular complexity index is 648. The maximum atomic E-state index is 10.8. The number of rotatable bonds is 4. The van der Waals surface area contributed by atoms with Crippen LogP contribution in [-0.4, -0.2) is 21.9 Å². The Kier molecular flexibility index (Phi) is 4.14. The van der Waals surface area contributed by atoms with Crippen LogP contribution in [0.2, 0.25) is 5.15 Å². The molecule has 6 nitrogen and oxygen atoms in total. The second-order valence-electron chi connectivity index (χ2n) is 4.39. The molecule has 0 amide bonds. The maximum Gasteiger partial charge on any atom is 0.276 e. The highest BCUT2D eigenvalue weighted by atomic mass is 35.5. The van der Waals surface area contributed by atoms with Gasteiger partial charge in [0.25, 0.3) is 5.69 Å². The van der Waals surface area contributed by atoms with Crippen LogP contribution in [0.5, 0.6) is 0 Å². The first kappa shape index (κ1) is 14.2. The smallest absolute Gasteiger partial charge is 0.276 e. The van der Waals surface area contributed by atoms with E-state index in [4.69, 9.17) is 11.6 Å². The van der Waals surface area contributed by atoms with Crippen molar-refractivity contribution in [2.45, 2.75) is 13.5 Å². The summed E-state index contributed by atoms with van der Waals surface area (Å²) in [5.41, 5.74) is 1.70. The van der Waals surface area contributed by atoms with E-state index in [1.165, 1.54) is 12.1 Å². The molecule has 0 saturated carbocycles. The zero-order valence-corrected chi connectivity index (χ0v) is 11.8. The second kappa shape index (κ2) is 5.83. The Hall–Kier alpha value is -2.21. The molecule has 0 spiro atoms. The molecule has 2 aromatic heterocycles. The first-order valence-corrected chi connectivity index (χ1v) is 6.29. The van der Waals surface area contributed by atoms with Crippen LogP contribution in [0.1, 0.15) is 11.4 Å². The lowest BCUT2D eigenvalue weighted by Crippen LogP contribution is -2.18. The van der Waals surface area contributed by atoms with Crippen LogP contribution in [-0.2, 0) is 6.54 Å². The minimum absolute atomic E-state index is 0.0796. The van der Waals surface area contributed by atoms with E-state index in [1.807, 2.05) is 25.1 Å². The van der Waals surface area contributed by atoms with Gasteiger partial charge in [-0.2, -0.15) is 0 Å². The highest BCUT2D eigenvalue weighted by Gasteiger charge is 2.13. The van der Waals surface area contributed by atoms with Crippen molar-refractivity contribution in [2.75, 3.05) is 11.9 Å². The molecule has 0 aliphatic rings. The summed E-state index contributed by atoms with van der Waals surface area (Å²) >= 11 is 5.81. The summed E-state index contributed by atoms with van der Waals surface area (Å²) in [4.78, 5) is 20.6. The third kappa shape index (κ3) is 3.42. The van der Waals surface area contributed by atoms with E-state index in [2.05, 4.69) is 9.97 Å². The van der Waals surface area contributed by atoms with Gasteiger partial charge >= 0.3 is 0 Å². The van der Waals surface area contributed by atoms with Gasteiger partial charge in [0.1, 0.15) is 11.0 Å². The van der Waals surface area contributed by atoms with Crippen molar-refractivity contribution in [2.24, 2.45) is 0 Å². The summed E-state index contributed by atoms with van der Waals surface area (Å²) < 4.78 is 0. The number of pyridine rings is 2. The summed E-state index contributed by atoms with van der Waals surface area (Å²) in [5, 5.41) is 10.9. The molecule has 104 valence electrons. The van der Waals surface area contributed by atoms with E-state index >= 15 is 0 Å². The number of anilines is 1. The number of aryl methyl sites for hydroxylation is 1. The van der Waals surface area contributed by atoms with Crippen LogP contribution >= 0.6 is 11.6 Å². The summed E-state index contributed by atoms with van der Waals surface area (Å²) in [6.07, 6.45) is 0. The Morgan fingerprint density at radius 2 is 2.10 bits per heavy atom. The van der Waals surface area contributed by atoms with E-state index in [0.717, 1.165) is 11.4 Å². The highest BCUT2D eigenvalue weighted by Crippen LogP contribution is 2.23. The van der Waals surface area contributed by atoms with Crippen molar-refractivity contribution >= 4 is 23.1 Å². The average molecular weight is 293 g/mol. The third-order valence-electron chi connectivity index (χ3n) is 2.71. The number of aromatic nitrogens is 2. The fourth-order valence-electron chi connectivity index (χ4n) is 1.78. The van der Waals surface area contributed by atoms with Crippen LogP contribution in [0.25, 0.3) is 0 Å². The Balaban J connectivity index is 2.25. The molecule has 7 heteroatoms. The lowest BCUT2D eigenvalue weighted by molar-refractivity contribution is -0.384. The van der Waals surface area contributed by atoms with Crippen molar-refractivity contribution in [1.82, 2.24) is 9.97 Å². The number of hydrogen-bond donors (Lipinski definition) is 0. The van der Waals surface area contributed by atoms with Gasteiger partial charge in [-0.1, -0.05) is 17.7 Å². The van der Waals surface area contributed by atoms with Crippen LogP contribution in [0.15, 0.2) is 30.3 Å². The van der Waals surface area contributed by atoms with Gasteiger partial charge in [-0.15, -0.1) is 0 Å². The Morgan fingerprint density at radius 1 is 1.35 bits per heavy atom. The first-order valence-electron chi connectivity index (χ1n) is 5.91. The normalized spacial score (nSPS) is 10.3. The summed E-state index contributed by atoms with van der Waals surface area (Å²) in [5.74, 6) is 0.438. The molecular weight excluding hydrogens is 280 g/mol. The molecule has 0 atom stereocenters. The zero-order valence-electron chi connectivity index (χ0n) is 11.1. The number of nitro groups is 1. The lowest BCUT2D eigenvalue weighted by atomic mass is 10.3. The topological polar surface area (TPSA) is 72.2 Å². The van der Waals surface area contributed by atoms with Crippen molar-refractivity contribution in [3.63, 3.8) is 0 Å². The van der Waals surface area contributed by atoms with Gasteiger partial charge in [-0.05, 0) is 19.1 Å². The SMILES string of the molecule is Cc1cccc(CN(C)c2cc([N+](=O)[O-])cc(Cl)n2)n1. The molecule has 2 aromatic rings. The van der Waals surface area contributed by atoms with Crippen LogP contribution in [0.3, 0.4) is 0 Å². The van der Waals surface area contributed by atoms with Gasteiger partial charge in [0.05, 0.1) is 29.3 Å². The molecule has 0 unspecified atom stereocenters. The van der Waals surface area contributed by atoms with E-state index in [1.54, 1.807) is 11.9 Å². The Morgan fingerprint density at radius 3 is 2.75 bits per heavy atom. The molecule has 0 bridgehead atoms. The van der Waals surface area contributed by atoms with Gasteiger partial charge in [-0.25, -0.2) is 4.98 Å². The average Bonchev–Trinajstić information content (AvgIpc) is 2.37. The molecule has 0 aliphatic carbocycles. The van der Waals surface area contributed by atoms with E-state index < -0.39 is 4.92 Å². The fourth-order valence-corrected chi connectivity index (χ4v) is 1.98. The minimum Gasteiger partial charge on any atom is -0.354 e. The van der Waals surface area contributed by atoms with Crippen molar-refractivity contribution in [3.8, 4) is 0 Å². The molecule has 0 N–H and O–H groups in total. The van der Waals surface area contributed by atoms with Crippen molar-refractivity contribution in [3.05, 3.63) is 57.0 Å². The van der Waals surface area contributed by atoms with Gasteiger partial charge in [0.2, 0.25) is 0 Å². The largest absolute Gasteiger partial charge is 0.354 e. The number of halogens is 1. The number of nitrogens with zero attached hydrogens (tertiary/aromatic N) is 4. The van der Waals surface area contributed by atoms with Crippen LogP contribution in [0.4, 0.5) is 11.5 Å². The van der Waals surface area contributed by atoms with E-state index in [9.17, 15) is 10.1 Å². The summed E-state index contributed by atoms with van der Waals surface area (Å²) in [6, 6.07) is 8.33. The van der Waals surface area contributed by atoms with E-state index in [0.29, 0.717) is 12.4 Å². The standard InChI is InChI=1S/C13H13ClN4O2/c1-9-4-3-5-10(15-9)8-17(2)13-7-11(18(19)20)6-12(14)16-13/h3-7H,8H2,1-2H3. The molecule has 0 aromatic carbocycles. The van der Waals surface area contributed by atoms with Crippen molar-refractivity contribution in [1.29, 1.82) is 0 Å². The van der Waals surface area contributed by atoms with Crippen LogP contribution in [0, 0.1) is 17.0 Å². The van der Waals surface area contributed by atoms with E-state index in [-0.39, 0.29) is 10.8 Å². The molecule has 0 radical (unpaired) electrons. The van der Waals surface area contributed by atoms with Gasteiger partial charge in [-0.3, -0.25) is 15.1 Å². The van der Waals surface area contributed by atoms with Crippen molar-refractivity contribution < 1.29 is 4.92 Å². The predicted molar refractivity (Wildman–Crippen MR) is 77.0 cm³/mol.